The van der Waals surface area contributed by atoms with Gasteiger partial charge in [-0.15, -0.1) is 5.10 Å². The first-order chi connectivity index (χ1) is 11.7. The molecule has 0 radical (unpaired) electrons. The molecule has 3 aromatic rings. The summed E-state index contributed by atoms with van der Waals surface area (Å²) in [5, 5.41) is 8.26. The summed E-state index contributed by atoms with van der Waals surface area (Å²) >= 11 is 0. The molecule has 0 bridgehead atoms. The molecule has 0 amide bonds. The molecule has 0 atom stereocenters. The van der Waals surface area contributed by atoms with E-state index in [0.29, 0.717) is 17.2 Å². The zero-order valence-electron chi connectivity index (χ0n) is 14.1. The van der Waals surface area contributed by atoms with Crippen molar-refractivity contribution in [3.05, 3.63) is 48.2 Å². The van der Waals surface area contributed by atoms with E-state index in [1.807, 2.05) is 24.3 Å². The second kappa shape index (κ2) is 6.62. The van der Waals surface area contributed by atoms with E-state index < -0.39 is 0 Å². The van der Waals surface area contributed by atoms with Crippen molar-refractivity contribution in [2.45, 2.75) is 6.92 Å². The first-order valence-electron chi connectivity index (χ1n) is 7.46. The van der Waals surface area contributed by atoms with Crippen molar-refractivity contribution in [1.29, 1.82) is 0 Å². The number of aryl methyl sites for hydroxylation is 1. The maximum atomic E-state index is 5.41. The van der Waals surface area contributed by atoms with Gasteiger partial charge in [-0.1, -0.05) is 35.0 Å². The minimum atomic E-state index is 0.542. The van der Waals surface area contributed by atoms with Gasteiger partial charge in [-0.2, -0.15) is 0 Å². The summed E-state index contributed by atoms with van der Waals surface area (Å²) < 4.78 is 17.9. The van der Waals surface area contributed by atoms with Crippen LogP contribution in [0.2, 0.25) is 0 Å². The zero-order valence-corrected chi connectivity index (χ0v) is 14.1. The Kier molecular flexibility index (Phi) is 4.37. The molecule has 6 nitrogen and oxygen atoms in total. The van der Waals surface area contributed by atoms with Gasteiger partial charge in [0, 0.05) is 17.7 Å². The molecular weight excluding hydrogens is 306 g/mol. The molecule has 3 rings (SSSR count). The van der Waals surface area contributed by atoms with E-state index in [0.717, 1.165) is 16.9 Å². The molecule has 0 unspecified atom stereocenters. The molecule has 2 aromatic carbocycles. The van der Waals surface area contributed by atoms with Crippen LogP contribution in [0.4, 0.5) is 0 Å². The van der Waals surface area contributed by atoms with Gasteiger partial charge in [-0.25, -0.2) is 4.68 Å². The normalized spacial score (nSPS) is 10.5. The Bertz CT molecular complexity index is 816. The fourth-order valence-electron chi connectivity index (χ4n) is 2.54. The lowest BCUT2D eigenvalue weighted by Gasteiger charge is -2.15. The molecule has 0 fully saturated rings. The smallest absolute Gasteiger partial charge is 0.203 e. The number of hydrogen-bond donors (Lipinski definition) is 0. The van der Waals surface area contributed by atoms with Crippen molar-refractivity contribution >= 4 is 0 Å². The van der Waals surface area contributed by atoms with E-state index in [9.17, 15) is 0 Å². The first kappa shape index (κ1) is 15.9. The molecule has 0 aliphatic heterocycles. The molecule has 124 valence electrons. The molecule has 0 aliphatic rings. The molecule has 24 heavy (non-hydrogen) atoms. The lowest BCUT2D eigenvalue weighted by atomic mass is 10.1. The summed E-state index contributed by atoms with van der Waals surface area (Å²) in [7, 11) is 4.75. The van der Waals surface area contributed by atoms with Gasteiger partial charge in [-0.3, -0.25) is 0 Å². The minimum absolute atomic E-state index is 0.542. The topological polar surface area (TPSA) is 58.4 Å². The second-order valence-corrected chi connectivity index (χ2v) is 5.28. The Morgan fingerprint density at radius 1 is 0.875 bits per heavy atom. The van der Waals surface area contributed by atoms with Crippen LogP contribution in [-0.4, -0.2) is 36.3 Å². The molecule has 1 heterocycles. The molecule has 0 saturated heterocycles. The number of nitrogens with zero attached hydrogens (tertiary/aromatic N) is 3. The van der Waals surface area contributed by atoms with Crippen molar-refractivity contribution in [1.82, 2.24) is 15.0 Å². The lowest BCUT2D eigenvalue weighted by molar-refractivity contribution is 0.324. The number of rotatable bonds is 5. The van der Waals surface area contributed by atoms with Gasteiger partial charge in [0.15, 0.2) is 11.5 Å². The summed E-state index contributed by atoms with van der Waals surface area (Å²) in [6, 6.07) is 11.9. The van der Waals surface area contributed by atoms with Gasteiger partial charge in [0.2, 0.25) is 5.75 Å². The highest BCUT2D eigenvalue weighted by Crippen LogP contribution is 2.39. The number of methoxy groups -OCH3 is 3. The van der Waals surface area contributed by atoms with E-state index in [4.69, 9.17) is 14.2 Å². The summed E-state index contributed by atoms with van der Waals surface area (Å²) in [6.45, 7) is 2.05. The van der Waals surface area contributed by atoms with Gasteiger partial charge in [0.05, 0.1) is 38.9 Å². The first-order valence-corrected chi connectivity index (χ1v) is 7.46. The van der Waals surface area contributed by atoms with Crippen LogP contribution >= 0.6 is 0 Å². The zero-order chi connectivity index (χ0) is 17.1. The van der Waals surface area contributed by atoms with E-state index in [-0.39, 0.29) is 0 Å². The highest BCUT2D eigenvalue weighted by Gasteiger charge is 2.16. The van der Waals surface area contributed by atoms with E-state index in [1.54, 1.807) is 32.2 Å². The van der Waals surface area contributed by atoms with E-state index >= 15 is 0 Å². The third-order valence-electron chi connectivity index (χ3n) is 3.79. The molecule has 1 aromatic heterocycles. The Labute approximate surface area is 140 Å². The average molecular weight is 325 g/mol. The second-order valence-electron chi connectivity index (χ2n) is 5.28. The fraction of sp³-hybridized carbons (Fsp3) is 0.222. The summed E-state index contributed by atoms with van der Waals surface area (Å²) in [5.41, 5.74) is 3.88. The summed E-state index contributed by atoms with van der Waals surface area (Å²) in [4.78, 5) is 0. The third-order valence-corrected chi connectivity index (χ3v) is 3.79. The van der Waals surface area contributed by atoms with Gasteiger partial charge in [-0.05, 0) is 6.92 Å². The molecule has 0 aliphatic carbocycles. The van der Waals surface area contributed by atoms with Crippen LogP contribution in [0.1, 0.15) is 5.56 Å². The van der Waals surface area contributed by atoms with E-state index in [1.165, 1.54) is 5.56 Å². The summed E-state index contributed by atoms with van der Waals surface area (Å²) in [5.74, 6) is 1.68. The molecule has 0 saturated carbocycles. The van der Waals surface area contributed by atoms with Crippen LogP contribution in [0.3, 0.4) is 0 Å². The van der Waals surface area contributed by atoms with Crippen LogP contribution in [0.15, 0.2) is 42.6 Å². The van der Waals surface area contributed by atoms with Crippen molar-refractivity contribution < 1.29 is 14.2 Å². The van der Waals surface area contributed by atoms with Crippen molar-refractivity contribution in [2.24, 2.45) is 0 Å². The molecular formula is C18H19N3O3. The maximum Gasteiger partial charge on any atom is 0.203 e. The molecule has 0 spiro atoms. The monoisotopic (exact) mass is 325 g/mol. The lowest BCUT2D eigenvalue weighted by Crippen LogP contribution is -2.02. The van der Waals surface area contributed by atoms with Crippen LogP contribution in [0.25, 0.3) is 16.9 Å². The highest BCUT2D eigenvalue weighted by molar-refractivity contribution is 5.64. The van der Waals surface area contributed by atoms with Gasteiger partial charge in [0.1, 0.15) is 0 Å². The van der Waals surface area contributed by atoms with Crippen molar-refractivity contribution in [2.75, 3.05) is 21.3 Å². The number of aromatic nitrogens is 3. The fourth-order valence-corrected chi connectivity index (χ4v) is 2.54. The molecule has 0 N–H and O–H groups in total. The number of hydrogen-bond acceptors (Lipinski definition) is 5. The van der Waals surface area contributed by atoms with Crippen LogP contribution in [0.5, 0.6) is 17.2 Å². The van der Waals surface area contributed by atoms with Crippen LogP contribution in [0, 0.1) is 6.92 Å². The Morgan fingerprint density at radius 3 is 2.04 bits per heavy atom. The van der Waals surface area contributed by atoms with Gasteiger partial charge < -0.3 is 14.2 Å². The highest BCUT2D eigenvalue weighted by atomic mass is 16.5. The predicted octanol–water partition coefficient (Wildman–Crippen LogP) is 3.27. The quantitative estimate of drug-likeness (QED) is 0.720. The SMILES string of the molecule is COc1cc(-n2nncc2-c2ccc(C)cc2)cc(OC)c1OC. The number of benzene rings is 2. The molecule has 6 heteroatoms. The van der Waals surface area contributed by atoms with Gasteiger partial charge in [0.25, 0.3) is 0 Å². The van der Waals surface area contributed by atoms with Crippen LogP contribution in [-0.2, 0) is 0 Å². The van der Waals surface area contributed by atoms with Crippen LogP contribution < -0.4 is 14.2 Å². The average Bonchev–Trinajstić information content (AvgIpc) is 3.10. The number of ether oxygens (including phenoxy) is 3. The maximum absolute atomic E-state index is 5.41. The third kappa shape index (κ3) is 2.78. The minimum Gasteiger partial charge on any atom is -0.493 e. The van der Waals surface area contributed by atoms with Gasteiger partial charge >= 0.3 is 0 Å². The Hall–Kier alpha value is -3.02. The largest absolute Gasteiger partial charge is 0.493 e. The van der Waals surface area contributed by atoms with Crippen molar-refractivity contribution in [3.63, 3.8) is 0 Å². The summed E-state index contributed by atoms with van der Waals surface area (Å²) in [6.07, 6.45) is 1.73. The van der Waals surface area contributed by atoms with E-state index in [2.05, 4.69) is 29.4 Å². The Morgan fingerprint density at radius 2 is 1.50 bits per heavy atom. The standard InChI is InChI=1S/C18H19N3O3/c1-12-5-7-13(8-6-12)15-11-19-20-21(15)14-9-16(22-2)18(24-4)17(10-14)23-3/h5-11H,1-4H3. The Balaban J connectivity index is 2.14. The van der Waals surface area contributed by atoms with Crippen molar-refractivity contribution in [3.8, 4) is 34.2 Å². The predicted molar refractivity (Wildman–Crippen MR) is 91.2 cm³/mol.